The molecule has 1 aromatic rings. The van der Waals surface area contributed by atoms with Crippen LogP contribution in [-0.4, -0.2) is 19.8 Å². The van der Waals surface area contributed by atoms with E-state index < -0.39 is 11.6 Å². The monoisotopic (exact) mass is 285 g/mol. The van der Waals surface area contributed by atoms with Crippen molar-refractivity contribution >= 4 is 0 Å². The zero-order valence-corrected chi connectivity index (χ0v) is 12.4. The van der Waals surface area contributed by atoms with E-state index in [1.54, 1.807) is 6.07 Å². The molecule has 0 spiro atoms. The van der Waals surface area contributed by atoms with Gasteiger partial charge in [0.15, 0.2) is 11.6 Å². The van der Waals surface area contributed by atoms with E-state index in [-0.39, 0.29) is 6.04 Å². The van der Waals surface area contributed by atoms with Crippen LogP contribution in [0.15, 0.2) is 18.2 Å². The van der Waals surface area contributed by atoms with E-state index in [1.807, 2.05) is 6.92 Å². The van der Waals surface area contributed by atoms with Crippen molar-refractivity contribution in [1.29, 1.82) is 0 Å². The lowest BCUT2D eigenvalue weighted by Gasteiger charge is -2.20. The fraction of sp³-hybridized carbons (Fsp3) is 0.625. The molecular formula is C16H25F2NO. The summed E-state index contributed by atoms with van der Waals surface area (Å²) in [4.78, 5) is 0. The van der Waals surface area contributed by atoms with Crippen LogP contribution in [0.1, 0.15) is 51.1 Å². The second kappa shape index (κ2) is 9.83. The number of unbranched alkanes of at least 4 members (excludes halogenated alkanes) is 2. The van der Waals surface area contributed by atoms with Gasteiger partial charge < -0.3 is 10.1 Å². The smallest absolute Gasteiger partial charge is 0.163 e. The van der Waals surface area contributed by atoms with Gasteiger partial charge in [0.1, 0.15) is 0 Å². The van der Waals surface area contributed by atoms with E-state index in [2.05, 4.69) is 12.2 Å². The first-order chi connectivity index (χ1) is 9.70. The molecule has 0 saturated carbocycles. The Morgan fingerprint density at radius 3 is 2.65 bits per heavy atom. The van der Waals surface area contributed by atoms with Gasteiger partial charge in [-0.05, 0) is 25.5 Å². The highest BCUT2D eigenvalue weighted by Gasteiger charge is 2.17. The molecule has 0 fully saturated rings. The largest absolute Gasteiger partial charge is 0.379 e. The van der Waals surface area contributed by atoms with Crippen LogP contribution < -0.4 is 5.32 Å². The van der Waals surface area contributed by atoms with Crippen LogP contribution in [-0.2, 0) is 4.74 Å². The normalized spacial score (nSPS) is 12.6. The summed E-state index contributed by atoms with van der Waals surface area (Å²) in [5, 5.41) is 3.21. The van der Waals surface area contributed by atoms with Gasteiger partial charge >= 0.3 is 0 Å². The number of nitrogens with one attached hydrogen (secondary N) is 1. The Kier molecular flexibility index (Phi) is 8.38. The summed E-state index contributed by atoms with van der Waals surface area (Å²) in [6.07, 6.45) is 4.20. The quantitative estimate of drug-likeness (QED) is 0.650. The molecule has 0 heterocycles. The highest BCUT2D eigenvalue weighted by Crippen LogP contribution is 2.20. The summed E-state index contributed by atoms with van der Waals surface area (Å²) in [6.45, 7) is 5.94. The van der Waals surface area contributed by atoms with Gasteiger partial charge in [0.25, 0.3) is 0 Å². The predicted molar refractivity (Wildman–Crippen MR) is 77.7 cm³/mol. The third kappa shape index (κ3) is 5.55. The summed E-state index contributed by atoms with van der Waals surface area (Å²) in [5.74, 6) is -1.59. The van der Waals surface area contributed by atoms with Gasteiger partial charge in [0.05, 0.1) is 12.6 Å². The van der Waals surface area contributed by atoms with E-state index in [4.69, 9.17) is 4.74 Å². The summed E-state index contributed by atoms with van der Waals surface area (Å²) in [7, 11) is 0. The number of halogens is 2. The number of hydrogen-bond acceptors (Lipinski definition) is 2. The summed E-state index contributed by atoms with van der Waals surface area (Å²) in [5.41, 5.74) is 0.342. The van der Waals surface area contributed by atoms with Crippen LogP contribution in [0.5, 0.6) is 0 Å². The van der Waals surface area contributed by atoms with Gasteiger partial charge in [-0.1, -0.05) is 38.8 Å². The zero-order chi connectivity index (χ0) is 14.8. The molecule has 0 aliphatic rings. The highest BCUT2D eigenvalue weighted by molar-refractivity contribution is 5.22. The molecule has 0 amide bonds. The van der Waals surface area contributed by atoms with E-state index >= 15 is 0 Å². The van der Waals surface area contributed by atoms with Crippen molar-refractivity contribution in [1.82, 2.24) is 5.32 Å². The molecule has 0 aliphatic heterocycles. The minimum Gasteiger partial charge on any atom is -0.379 e. The molecule has 1 atom stereocenters. The second-order valence-electron chi connectivity index (χ2n) is 4.93. The van der Waals surface area contributed by atoms with E-state index in [0.717, 1.165) is 38.3 Å². The van der Waals surface area contributed by atoms with E-state index in [1.165, 1.54) is 6.07 Å². The van der Waals surface area contributed by atoms with Crippen LogP contribution in [0.3, 0.4) is 0 Å². The first-order valence-corrected chi connectivity index (χ1v) is 7.45. The van der Waals surface area contributed by atoms with Gasteiger partial charge in [-0.2, -0.15) is 0 Å². The van der Waals surface area contributed by atoms with Crippen molar-refractivity contribution in [3.63, 3.8) is 0 Å². The molecular weight excluding hydrogens is 260 g/mol. The third-order valence-corrected chi connectivity index (χ3v) is 3.17. The van der Waals surface area contributed by atoms with Crippen molar-refractivity contribution in [2.24, 2.45) is 0 Å². The van der Waals surface area contributed by atoms with Crippen LogP contribution in [0, 0.1) is 11.6 Å². The van der Waals surface area contributed by atoms with Gasteiger partial charge in [0, 0.05) is 12.2 Å². The van der Waals surface area contributed by atoms with Gasteiger partial charge in [0.2, 0.25) is 0 Å². The molecule has 1 N–H and O–H groups in total. The summed E-state index contributed by atoms with van der Waals surface area (Å²) in [6, 6.07) is 3.98. The molecule has 1 aromatic carbocycles. The number of ether oxygens (including phenoxy) is 1. The van der Waals surface area contributed by atoms with E-state index in [0.29, 0.717) is 18.8 Å². The molecule has 20 heavy (non-hydrogen) atoms. The Hall–Kier alpha value is -1.00. The van der Waals surface area contributed by atoms with Crippen molar-refractivity contribution < 1.29 is 13.5 Å². The summed E-state index contributed by atoms with van der Waals surface area (Å²) >= 11 is 0. The molecule has 0 aromatic heterocycles. The Morgan fingerprint density at radius 1 is 1.15 bits per heavy atom. The summed E-state index contributed by atoms with van der Waals surface area (Å²) < 4.78 is 32.7. The fourth-order valence-electron chi connectivity index (χ4n) is 2.02. The van der Waals surface area contributed by atoms with Gasteiger partial charge in [-0.3, -0.25) is 0 Å². The average Bonchev–Trinajstić information content (AvgIpc) is 2.45. The average molecular weight is 285 g/mol. The highest BCUT2D eigenvalue weighted by atomic mass is 19.2. The number of rotatable bonds is 10. The topological polar surface area (TPSA) is 21.3 Å². The fourth-order valence-corrected chi connectivity index (χ4v) is 2.02. The third-order valence-electron chi connectivity index (χ3n) is 3.17. The zero-order valence-electron chi connectivity index (χ0n) is 12.4. The Bertz CT molecular complexity index is 385. The molecule has 4 heteroatoms. The molecule has 1 unspecified atom stereocenters. The van der Waals surface area contributed by atoms with Gasteiger partial charge in [-0.15, -0.1) is 0 Å². The maximum absolute atomic E-state index is 13.8. The second-order valence-corrected chi connectivity index (χ2v) is 4.93. The lowest BCUT2D eigenvalue weighted by molar-refractivity contribution is 0.107. The molecule has 0 aliphatic carbocycles. The van der Waals surface area contributed by atoms with Gasteiger partial charge in [-0.25, -0.2) is 8.78 Å². The van der Waals surface area contributed by atoms with Crippen molar-refractivity contribution in [3.05, 3.63) is 35.4 Å². The molecule has 1 rings (SSSR count). The Labute approximate surface area is 120 Å². The van der Waals surface area contributed by atoms with Crippen LogP contribution >= 0.6 is 0 Å². The molecule has 0 radical (unpaired) electrons. The van der Waals surface area contributed by atoms with Crippen LogP contribution in [0.2, 0.25) is 0 Å². The standard InChI is InChI=1S/C16H25F2NO/c1-3-5-6-11-20-12-15(19-10-4-2)13-8-7-9-14(17)16(13)18/h7-9,15,19H,3-6,10-12H2,1-2H3. The lowest BCUT2D eigenvalue weighted by atomic mass is 10.1. The minimum atomic E-state index is -0.809. The number of benzene rings is 1. The van der Waals surface area contributed by atoms with Crippen LogP contribution in [0.25, 0.3) is 0 Å². The van der Waals surface area contributed by atoms with Crippen molar-refractivity contribution in [2.45, 2.75) is 45.6 Å². The molecule has 0 saturated heterocycles. The molecule has 0 bridgehead atoms. The molecule has 114 valence electrons. The predicted octanol–water partition coefficient (Wildman–Crippen LogP) is 4.21. The number of hydrogen-bond donors (Lipinski definition) is 1. The SMILES string of the molecule is CCCCCOCC(NCCC)c1cccc(F)c1F. The maximum atomic E-state index is 13.8. The van der Waals surface area contributed by atoms with E-state index in [9.17, 15) is 8.78 Å². The van der Waals surface area contributed by atoms with Crippen molar-refractivity contribution in [2.75, 3.05) is 19.8 Å². The van der Waals surface area contributed by atoms with Crippen molar-refractivity contribution in [3.8, 4) is 0 Å². The first-order valence-electron chi connectivity index (χ1n) is 7.45. The Morgan fingerprint density at radius 2 is 1.95 bits per heavy atom. The van der Waals surface area contributed by atoms with Crippen LogP contribution in [0.4, 0.5) is 8.78 Å². The maximum Gasteiger partial charge on any atom is 0.163 e. The Balaban J connectivity index is 2.61. The minimum absolute atomic E-state index is 0.299. The first kappa shape index (κ1) is 17.1. The lowest BCUT2D eigenvalue weighted by Crippen LogP contribution is -2.27. The molecule has 2 nitrogen and oxygen atoms in total.